The monoisotopic (exact) mass is 256 g/mol. The van der Waals surface area contributed by atoms with Crippen molar-refractivity contribution in [3.63, 3.8) is 0 Å². The molecule has 2 N–H and O–H groups in total. The Morgan fingerprint density at radius 3 is 2.84 bits per heavy atom. The van der Waals surface area contributed by atoms with E-state index in [1.165, 1.54) is 0 Å². The highest BCUT2D eigenvalue weighted by atomic mass is 15.3. The third-order valence-corrected chi connectivity index (χ3v) is 3.22. The van der Waals surface area contributed by atoms with Crippen molar-refractivity contribution in [2.45, 2.75) is 19.9 Å². The fourth-order valence-corrected chi connectivity index (χ4v) is 2.26. The lowest BCUT2D eigenvalue weighted by molar-refractivity contribution is 0.704. The predicted octanol–water partition coefficient (Wildman–Crippen LogP) is 1.82. The summed E-state index contributed by atoms with van der Waals surface area (Å²) in [4.78, 5) is 8.76. The minimum Gasteiger partial charge on any atom is -0.383 e. The number of nitrogens with zero attached hydrogens (tertiary/aromatic N) is 5. The Morgan fingerprint density at radius 1 is 1.32 bits per heavy atom. The molecule has 3 rings (SSSR count). The van der Waals surface area contributed by atoms with Gasteiger partial charge >= 0.3 is 0 Å². The second-order valence-corrected chi connectivity index (χ2v) is 4.52. The molecular formula is C13H16N6. The summed E-state index contributed by atoms with van der Waals surface area (Å²) in [5.74, 6) is 1.48. The van der Waals surface area contributed by atoms with E-state index in [2.05, 4.69) is 26.6 Å². The van der Waals surface area contributed by atoms with E-state index in [1.807, 2.05) is 13.1 Å². The first-order valence-electron chi connectivity index (χ1n) is 6.30. The molecule has 6 nitrogen and oxygen atoms in total. The highest BCUT2D eigenvalue weighted by Gasteiger charge is 2.16. The lowest BCUT2D eigenvalue weighted by Crippen LogP contribution is -2.02. The number of aryl methyl sites for hydroxylation is 2. The van der Waals surface area contributed by atoms with Gasteiger partial charge in [0.1, 0.15) is 17.2 Å². The van der Waals surface area contributed by atoms with Gasteiger partial charge in [0.25, 0.3) is 0 Å². The molecule has 0 atom stereocenters. The molecule has 0 amide bonds. The van der Waals surface area contributed by atoms with Crippen molar-refractivity contribution in [3.8, 4) is 11.4 Å². The Kier molecular flexibility index (Phi) is 2.70. The van der Waals surface area contributed by atoms with Crippen LogP contribution in [-0.2, 0) is 13.6 Å². The molecule has 98 valence electrons. The van der Waals surface area contributed by atoms with Crippen molar-refractivity contribution in [3.05, 3.63) is 24.7 Å². The van der Waals surface area contributed by atoms with E-state index in [9.17, 15) is 0 Å². The van der Waals surface area contributed by atoms with Gasteiger partial charge in [-0.2, -0.15) is 5.10 Å². The van der Waals surface area contributed by atoms with Gasteiger partial charge in [-0.15, -0.1) is 0 Å². The maximum Gasteiger partial charge on any atom is 0.146 e. The molecule has 0 unspecified atom stereocenters. The van der Waals surface area contributed by atoms with E-state index in [-0.39, 0.29) is 0 Å². The number of hydrogen-bond donors (Lipinski definition) is 1. The van der Waals surface area contributed by atoms with Crippen LogP contribution in [-0.4, -0.2) is 24.3 Å². The van der Waals surface area contributed by atoms with Crippen LogP contribution in [0, 0.1) is 0 Å². The van der Waals surface area contributed by atoms with E-state index in [0.29, 0.717) is 5.82 Å². The Bertz CT molecular complexity index is 724. The van der Waals surface area contributed by atoms with Crippen molar-refractivity contribution < 1.29 is 0 Å². The fourth-order valence-electron chi connectivity index (χ4n) is 2.26. The van der Waals surface area contributed by atoms with Crippen molar-refractivity contribution in [2.75, 3.05) is 5.73 Å². The van der Waals surface area contributed by atoms with Gasteiger partial charge in [0.2, 0.25) is 0 Å². The molecule has 3 aromatic heterocycles. The van der Waals surface area contributed by atoms with Gasteiger partial charge in [-0.25, -0.2) is 4.98 Å². The van der Waals surface area contributed by atoms with Gasteiger partial charge < -0.3 is 10.3 Å². The minimum atomic E-state index is 0.626. The summed E-state index contributed by atoms with van der Waals surface area (Å²) < 4.78 is 3.83. The van der Waals surface area contributed by atoms with Crippen LogP contribution in [0.15, 0.2) is 24.7 Å². The molecule has 0 fully saturated rings. The molecule has 0 saturated heterocycles. The third kappa shape index (κ3) is 1.76. The van der Waals surface area contributed by atoms with E-state index in [1.54, 1.807) is 23.3 Å². The smallest absolute Gasteiger partial charge is 0.146 e. The van der Waals surface area contributed by atoms with Gasteiger partial charge in [-0.1, -0.05) is 6.92 Å². The molecule has 0 aliphatic heterocycles. The Labute approximate surface area is 110 Å². The number of imidazole rings is 1. The topological polar surface area (TPSA) is 74.5 Å². The quantitative estimate of drug-likeness (QED) is 0.775. The molecule has 3 heterocycles. The van der Waals surface area contributed by atoms with Crippen LogP contribution in [0.25, 0.3) is 22.4 Å². The first kappa shape index (κ1) is 11.7. The molecule has 6 heteroatoms. The van der Waals surface area contributed by atoms with Crippen LogP contribution in [0.2, 0.25) is 0 Å². The summed E-state index contributed by atoms with van der Waals surface area (Å²) in [5, 5.41) is 4.19. The van der Waals surface area contributed by atoms with Gasteiger partial charge in [0, 0.05) is 19.8 Å². The van der Waals surface area contributed by atoms with Gasteiger partial charge in [0.05, 0.1) is 23.5 Å². The number of aromatic nitrogens is 5. The predicted molar refractivity (Wildman–Crippen MR) is 74.4 cm³/mol. The van der Waals surface area contributed by atoms with E-state index in [4.69, 9.17) is 5.73 Å². The standard InChI is InChI=1S/C13H16N6/c1-3-6-19-11-4-5-15-8-10(11)17-13(19)9-7-16-18(2)12(9)14/h4-5,7-8H,3,6,14H2,1-2H3. The van der Waals surface area contributed by atoms with Crippen LogP contribution in [0.4, 0.5) is 5.82 Å². The van der Waals surface area contributed by atoms with Crippen molar-refractivity contribution in [1.29, 1.82) is 0 Å². The first-order chi connectivity index (χ1) is 9.22. The molecule has 0 aromatic carbocycles. The molecule has 0 bridgehead atoms. The minimum absolute atomic E-state index is 0.626. The van der Waals surface area contributed by atoms with E-state index in [0.717, 1.165) is 35.4 Å². The number of rotatable bonds is 3. The Hall–Kier alpha value is -2.37. The lowest BCUT2D eigenvalue weighted by atomic mass is 10.3. The largest absolute Gasteiger partial charge is 0.383 e. The van der Waals surface area contributed by atoms with E-state index < -0.39 is 0 Å². The zero-order chi connectivity index (χ0) is 13.4. The number of hydrogen-bond acceptors (Lipinski definition) is 4. The molecule has 0 radical (unpaired) electrons. The van der Waals surface area contributed by atoms with Gasteiger partial charge in [0.15, 0.2) is 0 Å². The number of anilines is 1. The number of fused-ring (bicyclic) bond motifs is 1. The summed E-state index contributed by atoms with van der Waals surface area (Å²) in [7, 11) is 1.83. The molecule has 0 aliphatic carbocycles. The molecule has 3 aromatic rings. The third-order valence-electron chi connectivity index (χ3n) is 3.22. The first-order valence-corrected chi connectivity index (χ1v) is 6.30. The average molecular weight is 256 g/mol. The summed E-state index contributed by atoms with van der Waals surface area (Å²) in [5.41, 5.74) is 8.88. The molecule has 19 heavy (non-hydrogen) atoms. The maximum absolute atomic E-state index is 6.05. The number of nitrogen functional groups attached to an aromatic ring is 1. The van der Waals surface area contributed by atoms with Crippen LogP contribution < -0.4 is 5.73 Å². The van der Waals surface area contributed by atoms with Crippen LogP contribution in [0.3, 0.4) is 0 Å². The molecule has 0 spiro atoms. The maximum atomic E-state index is 6.05. The molecule has 0 saturated carbocycles. The normalized spacial score (nSPS) is 11.3. The van der Waals surface area contributed by atoms with E-state index >= 15 is 0 Å². The number of pyridine rings is 1. The number of nitrogens with two attached hydrogens (primary N) is 1. The highest BCUT2D eigenvalue weighted by molar-refractivity contribution is 5.82. The molecule has 0 aliphatic rings. The summed E-state index contributed by atoms with van der Waals surface area (Å²) >= 11 is 0. The summed E-state index contributed by atoms with van der Waals surface area (Å²) in [6.07, 6.45) is 6.35. The van der Waals surface area contributed by atoms with Crippen molar-refractivity contribution in [1.82, 2.24) is 24.3 Å². The Balaban J connectivity index is 2.28. The van der Waals surface area contributed by atoms with Crippen LogP contribution in [0.5, 0.6) is 0 Å². The zero-order valence-electron chi connectivity index (χ0n) is 11.0. The Morgan fingerprint density at radius 2 is 2.16 bits per heavy atom. The zero-order valence-corrected chi connectivity index (χ0v) is 11.0. The SMILES string of the molecule is CCCn1c(-c2cnn(C)c2N)nc2cnccc21. The van der Waals surface area contributed by atoms with Crippen molar-refractivity contribution in [2.24, 2.45) is 7.05 Å². The van der Waals surface area contributed by atoms with Gasteiger partial charge in [-0.3, -0.25) is 9.67 Å². The fraction of sp³-hybridized carbons (Fsp3) is 0.308. The van der Waals surface area contributed by atoms with Gasteiger partial charge in [-0.05, 0) is 12.5 Å². The van der Waals surface area contributed by atoms with Crippen LogP contribution >= 0.6 is 0 Å². The highest BCUT2D eigenvalue weighted by Crippen LogP contribution is 2.28. The molecular weight excluding hydrogens is 240 g/mol. The summed E-state index contributed by atoms with van der Waals surface area (Å²) in [6, 6.07) is 1.98. The lowest BCUT2D eigenvalue weighted by Gasteiger charge is -2.06. The van der Waals surface area contributed by atoms with Crippen LogP contribution in [0.1, 0.15) is 13.3 Å². The summed E-state index contributed by atoms with van der Waals surface area (Å²) in [6.45, 7) is 3.04. The second kappa shape index (κ2) is 4.38. The van der Waals surface area contributed by atoms with Crippen molar-refractivity contribution >= 4 is 16.9 Å². The average Bonchev–Trinajstić information content (AvgIpc) is 2.93. The second-order valence-electron chi connectivity index (χ2n) is 4.52.